The fourth-order valence-corrected chi connectivity index (χ4v) is 7.01. The molecule has 0 heterocycles. The number of amides is 2. The molecule has 1 N–H and O–H groups in total. The average Bonchev–Trinajstić information content (AvgIpc) is 3.03. The van der Waals surface area contributed by atoms with E-state index >= 15 is 0 Å². The molecule has 0 aromatic heterocycles. The number of sulfonamides is 1. The maximum atomic E-state index is 14.6. The number of nitrogens with zero attached hydrogens (tertiary/aromatic N) is 2. The number of carbonyl (C=O) groups is 2. The molecular formula is C36H40BrN3O4S. The number of anilines is 1. The number of carbonyl (C=O) groups excluding carboxylic acids is 2. The molecule has 0 aliphatic heterocycles. The molecule has 0 saturated heterocycles. The summed E-state index contributed by atoms with van der Waals surface area (Å²) in [5, 5.41) is 3.07. The summed E-state index contributed by atoms with van der Waals surface area (Å²) in [6.07, 6.45) is 0.983. The lowest BCUT2D eigenvalue weighted by Crippen LogP contribution is -2.54. The normalized spacial score (nSPS) is 12.6. The quantitative estimate of drug-likeness (QED) is 0.167. The van der Waals surface area contributed by atoms with E-state index in [1.807, 2.05) is 88.4 Å². The monoisotopic (exact) mass is 689 g/mol. The molecule has 9 heteroatoms. The lowest BCUT2D eigenvalue weighted by molar-refractivity contribution is -0.140. The summed E-state index contributed by atoms with van der Waals surface area (Å²) in [7, 11) is -4.15. The van der Waals surface area contributed by atoms with Crippen LogP contribution in [0.2, 0.25) is 0 Å². The summed E-state index contributed by atoms with van der Waals surface area (Å²) in [5.41, 5.74) is 3.75. The summed E-state index contributed by atoms with van der Waals surface area (Å²) in [6.45, 7) is 7.28. The first kappa shape index (κ1) is 33.9. The zero-order chi connectivity index (χ0) is 32.6. The van der Waals surface area contributed by atoms with Crippen LogP contribution in [0.1, 0.15) is 42.5 Å². The lowest BCUT2D eigenvalue weighted by Gasteiger charge is -2.34. The van der Waals surface area contributed by atoms with Gasteiger partial charge in [0.1, 0.15) is 12.6 Å². The fraction of sp³-hybridized carbons (Fsp3) is 0.278. The first-order chi connectivity index (χ1) is 21.5. The molecule has 7 nitrogen and oxygen atoms in total. The Morgan fingerprint density at radius 1 is 0.844 bits per heavy atom. The Labute approximate surface area is 275 Å². The first-order valence-corrected chi connectivity index (χ1v) is 17.3. The van der Waals surface area contributed by atoms with Crippen molar-refractivity contribution in [1.82, 2.24) is 10.2 Å². The third-order valence-electron chi connectivity index (χ3n) is 7.97. The van der Waals surface area contributed by atoms with Crippen LogP contribution in [0, 0.1) is 13.8 Å². The van der Waals surface area contributed by atoms with Crippen molar-refractivity contribution in [2.24, 2.45) is 0 Å². The second-order valence-electron chi connectivity index (χ2n) is 11.2. The van der Waals surface area contributed by atoms with Gasteiger partial charge in [0.15, 0.2) is 0 Å². The van der Waals surface area contributed by atoms with E-state index in [4.69, 9.17) is 0 Å². The predicted octanol–water partition coefficient (Wildman–Crippen LogP) is 6.82. The van der Waals surface area contributed by atoms with Gasteiger partial charge in [-0.1, -0.05) is 95.7 Å². The Balaban J connectivity index is 1.83. The summed E-state index contributed by atoms with van der Waals surface area (Å²) < 4.78 is 30.4. The minimum absolute atomic E-state index is 0.0765. The Kier molecular flexibility index (Phi) is 11.6. The van der Waals surface area contributed by atoms with Crippen LogP contribution in [-0.4, -0.2) is 43.8 Å². The molecule has 0 unspecified atom stereocenters. The van der Waals surface area contributed by atoms with Crippen LogP contribution >= 0.6 is 15.9 Å². The van der Waals surface area contributed by atoms with Gasteiger partial charge in [-0.15, -0.1) is 0 Å². The molecule has 0 spiro atoms. The van der Waals surface area contributed by atoms with Gasteiger partial charge in [0.2, 0.25) is 11.8 Å². The number of benzene rings is 4. The maximum Gasteiger partial charge on any atom is 0.264 e. The van der Waals surface area contributed by atoms with E-state index in [1.165, 1.54) is 21.3 Å². The first-order valence-electron chi connectivity index (χ1n) is 15.0. The number of hydrogen-bond acceptors (Lipinski definition) is 4. The van der Waals surface area contributed by atoms with Crippen molar-refractivity contribution < 1.29 is 18.0 Å². The van der Waals surface area contributed by atoms with E-state index in [9.17, 15) is 18.0 Å². The van der Waals surface area contributed by atoms with Crippen LogP contribution in [0.15, 0.2) is 112 Å². The largest absolute Gasteiger partial charge is 0.352 e. The van der Waals surface area contributed by atoms with Crippen molar-refractivity contribution in [2.45, 2.75) is 64.1 Å². The molecule has 0 radical (unpaired) electrons. The number of rotatable bonds is 13. The van der Waals surface area contributed by atoms with E-state index < -0.39 is 28.5 Å². The van der Waals surface area contributed by atoms with E-state index in [2.05, 4.69) is 21.2 Å². The van der Waals surface area contributed by atoms with Gasteiger partial charge in [0, 0.05) is 23.5 Å². The lowest BCUT2D eigenvalue weighted by atomic mass is 10.0. The number of aryl methyl sites for hydroxylation is 1. The van der Waals surface area contributed by atoms with Gasteiger partial charge in [-0.2, -0.15) is 0 Å². The maximum absolute atomic E-state index is 14.6. The molecule has 0 fully saturated rings. The molecule has 0 saturated carbocycles. The molecular weight excluding hydrogens is 650 g/mol. The minimum atomic E-state index is -4.15. The third-order valence-corrected chi connectivity index (χ3v) is 10.2. The highest BCUT2D eigenvalue weighted by Gasteiger charge is 2.35. The van der Waals surface area contributed by atoms with Crippen molar-refractivity contribution in [3.8, 4) is 0 Å². The number of nitrogens with one attached hydrogen (secondary N) is 1. The Bertz CT molecular complexity index is 1720. The second kappa shape index (κ2) is 15.4. The summed E-state index contributed by atoms with van der Waals surface area (Å²) >= 11 is 3.52. The van der Waals surface area contributed by atoms with Gasteiger partial charge in [0.05, 0.1) is 10.6 Å². The van der Waals surface area contributed by atoms with Gasteiger partial charge in [-0.3, -0.25) is 13.9 Å². The van der Waals surface area contributed by atoms with Gasteiger partial charge < -0.3 is 10.2 Å². The SMILES string of the molecule is CC[C@@H](C)NC(=O)[C@@H](Cc1ccccc1)N(Cc1cccc(Br)c1)C(=O)CN(c1cccc(C)c1C)S(=O)(=O)c1ccccc1. The molecule has 4 aromatic rings. The van der Waals surface area contributed by atoms with Gasteiger partial charge in [-0.25, -0.2) is 8.42 Å². The Hall–Kier alpha value is -3.95. The fourth-order valence-electron chi connectivity index (χ4n) is 5.07. The van der Waals surface area contributed by atoms with Crippen LogP contribution in [0.25, 0.3) is 0 Å². The molecule has 4 rings (SSSR count). The zero-order valence-electron chi connectivity index (χ0n) is 26.1. The summed E-state index contributed by atoms with van der Waals surface area (Å²) in [4.78, 5) is 30.2. The number of halogens is 1. The Morgan fingerprint density at radius 3 is 2.11 bits per heavy atom. The Morgan fingerprint density at radius 2 is 1.47 bits per heavy atom. The molecule has 4 aromatic carbocycles. The van der Waals surface area contributed by atoms with Crippen molar-refractivity contribution >= 4 is 43.5 Å². The van der Waals surface area contributed by atoms with Crippen LogP contribution in [0.4, 0.5) is 5.69 Å². The van der Waals surface area contributed by atoms with Crippen LogP contribution in [-0.2, 0) is 32.6 Å². The average molecular weight is 691 g/mol. The van der Waals surface area contributed by atoms with E-state index in [0.29, 0.717) is 5.69 Å². The smallest absolute Gasteiger partial charge is 0.264 e. The highest BCUT2D eigenvalue weighted by molar-refractivity contribution is 9.10. The van der Waals surface area contributed by atoms with E-state index in [-0.39, 0.29) is 29.8 Å². The van der Waals surface area contributed by atoms with Gasteiger partial charge in [0.25, 0.3) is 10.0 Å². The zero-order valence-corrected chi connectivity index (χ0v) is 28.5. The van der Waals surface area contributed by atoms with E-state index in [1.54, 1.807) is 30.3 Å². The molecule has 236 valence electrons. The molecule has 2 amide bonds. The van der Waals surface area contributed by atoms with Crippen molar-refractivity contribution in [1.29, 1.82) is 0 Å². The van der Waals surface area contributed by atoms with Crippen LogP contribution in [0.5, 0.6) is 0 Å². The van der Waals surface area contributed by atoms with Crippen molar-refractivity contribution in [3.05, 3.63) is 130 Å². The van der Waals surface area contributed by atoms with Crippen LogP contribution < -0.4 is 9.62 Å². The summed E-state index contributed by atoms with van der Waals surface area (Å²) in [6, 6.07) is 29.6. The van der Waals surface area contributed by atoms with Crippen molar-refractivity contribution in [3.63, 3.8) is 0 Å². The van der Waals surface area contributed by atoms with Gasteiger partial charge >= 0.3 is 0 Å². The highest BCUT2D eigenvalue weighted by Crippen LogP contribution is 2.29. The van der Waals surface area contributed by atoms with Crippen LogP contribution in [0.3, 0.4) is 0 Å². The standard InChI is InChI=1S/C36H40BrN3O4S/c1-5-27(3)38-36(42)34(23-29-15-8-6-9-16-29)39(24-30-17-13-18-31(37)22-30)35(41)25-40(33-21-12-14-26(2)28(33)4)45(43,44)32-19-10-7-11-20-32/h6-22,27,34H,5,23-25H2,1-4H3,(H,38,42)/t27-,34-/m1/s1. The molecule has 2 atom stereocenters. The number of hydrogen-bond donors (Lipinski definition) is 1. The van der Waals surface area contributed by atoms with Crippen molar-refractivity contribution in [2.75, 3.05) is 10.8 Å². The summed E-state index contributed by atoms with van der Waals surface area (Å²) in [5.74, 6) is -0.781. The third kappa shape index (κ3) is 8.61. The molecule has 0 aliphatic rings. The van der Waals surface area contributed by atoms with Gasteiger partial charge in [-0.05, 0) is 79.8 Å². The predicted molar refractivity (Wildman–Crippen MR) is 183 cm³/mol. The van der Waals surface area contributed by atoms with E-state index in [0.717, 1.165) is 33.1 Å². The topological polar surface area (TPSA) is 86.8 Å². The second-order valence-corrected chi connectivity index (χ2v) is 14.0. The minimum Gasteiger partial charge on any atom is -0.352 e. The molecule has 0 bridgehead atoms. The molecule has 0 aliphatic carbocycles. The molecule has 45 heavy (non-hydrogen) atoms. The highest BCUT2D eigenvalue weighted by atomic mass is 79.9.